The maximum absolute atomic E-state index is 12.3. The van der Waals surface area contributed by atoms with E-state index in [-0.39, 0.29) is 12.1 Å². The van der Waals surface area contributed by atoms with E-state index in [9.17, 15) is 4.79 Å². The molecule has 1 atom stereocenters. The quantitative estimate of drug-likeness (QED) is 0.922. The lowest BCUT2D eigenvalue weighted by atomic mass is 10.1. The number of pyridine rings is 1. The van der Waals surface area contributed by atoms with Gasteiger partial charge in [0.05, 0.1) is 0 Å². The van der Waals surface area contributed by atoms with E-state index in [1.54, 1.807) is 0 Å². The molecular weight excluding hydrogens is 290 g/mol. The topological polar surface area (TPSA) is 54.5 Å². The van der Waals surface area contributed by atoms with Gasteiger partial charge >= 0.3 is 6.09 Å². The molecule has 2 aliphatic rings. The molecule has 1 aliphatic carbocycles. The Labute approximate surface area is 138 Å². The van der Waals surface area contributed by atoms with Crippen molar-refractivity contribution in [2.75, 3.05) is 18.4 Å². The molecule has 2 fully saturated rings. The largest absolute Gasteiger partial charge is 0.444 e. The number of piperidine rings is 1. The average Bonchev–Trinajstić information content (AvgIpc) is 3.31. The summed E-state index contributed by atoms with van der Waals surface area (Å²) in [5.74, 6) is 1.66. The summed E-state index contributed by atoms with van der Waals surface area (Å²) < 4.78 is 5.49. The van der Waals surface area contributed by atoms with Crippen molar-refractivity contribution in [1.29, 1.82) is 0 Å². The fourth-order valence-corrected chi connectivity index (χ4v) is 3.04. The number of hydrogen-bond acceptors (Lipinski definition) is 4. The number of ether oxygens (including phenoxy) is 1. The number of carbonyl (C=O) groups excluding carboxylic acids is 1. The van der Waals surface area contributed by atoms with E-state index < -0.39 is 5.60 Å². The zero-order chi connectivity index (χ0) is 16.4. The lowest BCUT2D eigenvalue weighted by molar-refractivity contribution is 0.0206. The second-order valence-electron chi connectivity index (χ2n) is 7.63. The van der Waals surface area contributed by atoms with Crippen LogP contribution in [0.5, 0.6) is 0 Å². The number of hydrogen-bond donors (Lipinski definition) is 1. The third kappa shape index (κ3) is 4.36. The highest BCUT2D eigenvalue weighted by atomic mass is 16.6. The van der Waals surface area contributed by atoms with Gasteiger partial charge in [-0.25, -0.2) is 9.78 Å². The highest BCUT2D eigenvalue weighted by Crippen LogP contribution is 2.42. The molecule has 3 rings (SSSR count). The zero-order valence-corrected chi connectivity index (χ0v) is 14.3. The van der Waals surface area contributed by atoms with Crippen LogP contribution in [0, 0.1) is 0 Å². The first-order valence-corrected chi connectivity index (χ1v) is 8.62. The molecule has 0 spiro atoms. The lowest BCUT2D eigenvalue weighted by Gasteiger charge is -2.34. The number of carbonyl (C=O) groups is 1. The predicted octanol–water partition coefficient (Wildman–Crippen LogP) is 3.77. The predicted molar refractivity (Wildman–Crippen MR) is 90.7 cm³/mol. The number of anilines is 1. The average molecular weight is 317 g/mol. The summed E-state index contributed by atoms with van der Waals surface area (Å²) in [6.45, 7) is 7.15. The molecule has 1 amide bonds. The first-order valence-electron chi connectivity index (χ1n) is 8.62. The Morgan fingerprint density at radius 3 is 2.83 bits per heavy atom. The highest BCUT2D eigenvalue weighted by molar-refractivity contribution is 5.68. The molecule has 0 aromatic carbocycles. The standard InChI is InChI=1S/C18H27N3O2/c1-18(2,3)23-17(22)21-11-5-6-14(12-21)20-16-15(13-8-9-13)7-4-10-19-16/h4,7,10,13-14H,5-6,8-9,11-12H2,1-3H3,(H,19,20)/t14-/m1/s1. The molecule has 0 radical (unpaired) electrons. The van der Waals surface area contributed by atoms with E-state index in [1.165, 1.54) is 18.4 Å². The number of amides is 1. The number of rotatable bonds is 3. The second kappa shape index (κ2) is 6.38. The van der Waals surface area contributed by atoms with Crippen LogP contribution in [-0.4, -0.2) is 40.7 Å². The maximum atomic E-state index is 12.3. The summed E-state index contributed by atoms with van der Waals surface area (Å²) in [6, 6.07) is 4.41. The van der Waals surface area contributed by atoms with Gasteiger partial charge in [-0.05, 0) is 64.0 Å². The van der Waals surface area contributed by atoms with E-state index in [4.69, 9.17) is 4.74 Å². The van der Waals surface area contributed by atoms with Crippen LogP contribution < -0.4 is 5.32 Å². The Kier molecular flexibility index (Phi) is 4.46. The molecule has 126 valence electrons. The zero-order valence-electron chi connectivity index (χ0n) is 14.3. The van der Waals surface area contributed by atoms with Crippen molar-refractivity contribution in [3.63, 3.8) is 0 Å². The fraction of sp³-hybridized carbons (Fsp3) is 0.667. The van der Waals surface area contributed by atoms with Crippen molar-refractivity contribution in [2.24, 2.45) is 0 Å². The van der Waals surface area contributed by atoms with E-state index in [1.807, 2.05) is 37.9 Å². The third-order valence-electron chi connectivity index (χ3n) is 4.27. The summed E-state index contributed by atoms with van der Waals surface area (Å²) >= 11 is 0. The smallest absolute Gasteiger partial charge is 0.410 e. The molecule has 2 heterocycles. The van der Waals surface area contributed by atoms with Crippen molar-refractivity contribution in [3.8, 4) is 0 Å². The Balaban J connectivity index is 1.62. The summed E-state index contributed by atoms with van der Waals surface area (Å²) in [4.78, 5) is 18.6. The first-order chi connectivity index (χ1) is 10.9. The van der Waals surface area contributed by atoms with Gasteiger partial charge in [-0.1, -0.05) is 6.07 Å². The van der Waals surface area contributed by atoms with Crippen LogP contribution in [0.15, 0.2) is 18.3 Å². The van der Waals surface area contributed by atoms with Gasteiger partial charge in [-0.2, -0.15) is 0 Å². The van der Waals surface area contributed by atoms with Gasteiger partial charge in [-0.15, -0.1) is 0 Å². The number of likely N-dealkylation sites (tertiary alicyclic amines) is 1. The SMILES string of the molecule is CC(C)(C)OC(=O)N1CCC[C@@H](Nc2ncccc2C2CC2)C1. The molecule has 1 N–H and O–H groups in total. The van der Waals surface area contributed by atoms with Gasteiger partial charge in [0.1, 0.15) is 11.4 Å². The van der Waals surface area contributed by atoms with Crippen LogP contribution in [0.2, 0.25) is 0 Å². The van der Waals surface area contributed by atoms with Gasteiger partial charge in [0.2, 0.25) is 0 Å². The van der Waals surface area contributed by atoms with E-state index >= 15 is 0 Å². The molecule has 1 saturated carbocycles. The minimum absolute atomic E-state index is 0.215. The van der Waals surface area contributed by atoms with Gasteiger partial charge in [-0.3, -0.25) is 0 Å². The third-order valence-corrected chi connectivity index (χ3v) is 4.27. The van der Waals surface area contributed by atoms with Gasteiger partial charge in [0.25, 0.3) is 0 Å². The Bertz CT molecular complexity index is 564. The Morgan fingerprint density at radius 1 is 1.35 bits per heavy atom. The van der Waals surface area contributed by atoms with Crippen molar-refractivity contribution in [3.05, 3.63) is 23.9 Å². The molecule has 5 nitrogen and oxygen atoms in total. The summed E-state index contributed by atoms with van der Waals surface area (Å²) in [6.07, 6.45) is 6.18. The number of aromatic nitrogens is 1. The lowest BCUT2D eigenvalue weighted by Crippen LogP contribution is -2.47. The first kappa shape index (κ1) is 16.1. The summed E-state index contributed by atoms with van der Waals surface area (Å²) in [7, 11) is 0. The Morgan fingerprint density at radius 2 is 2.13 bits per heavy atom. The molecular formula is C18H27N3O2. The van der Waals surface area contributed by atoms with Crippen molar-refractivity contribution >= 4 is 11.9 Å². The molecule has 1 aromatic heterocycles. The molecule has 5 heteroatoms. The van der Waals surface area contributed by atoms with Gasteiger partial charge < -0.3 is 15.0 Å². The van der Waals surface area contributed by atoms with E-state index in [0.717, 1.165) is 25.2 Å². The Hall–Kier alpha value is -1.78. The monoisotopic (exact) mass is 317 g/mol. The molecule has 1 aliphatic heterocycles. The van der Waals surface area contributed by atoms with Crippen molar-refractivity contribution < 1.29 is 9.53 Å². The molecule has 0 unspecified atom stereocenters. The highest BCUT2D eigenvalue weighted by Gasteiger charge is 2.30. The van der Waals surface area contributed by atoms with Crippen LogP contribution in [0.25, 0.3) is 0 Å². The van der Waals surface area contributed by atoms with Crippen LogP contribution in [0.4, 0.5) is 10.6 Å². The van der Waals surface area contributed by atoms with Gasteiger partial charge in [0.15, 0.2) is 0 Å². The second-order valence-corrected chi connectivity index (χ2v) is 7.63. The number of nitrogens with zero attached hydrogens (tertiary/aromatic N) is 2. The van der Waals surface area contributed by atoms with E-state index in [2.05, 4.69) is 16.4 Å². The van der Waals surface area contributed by atoms with Crippen molar-refractivity contribution in [2.45, 2.75) is 64.0 Å². The molecule has 1 aromatic rings. The van der Waals surface area contributed by atoms with Crippen LogP contribution in [-0.2, 0) is 4.74 Å². The minimum atomic E-state index is -0.447. The number of nitrogens with one attached hydrogen (secondary N) is 1. The van der Waals surface area contributed by atoms with E-state index in [0.29, 0.717) is 12.5 Å². The van der Waals surface area contributed by atoms with Gasteiger partial charge in [0, 0.05) is 25.3 Å². The van der Waals surface area contributed by atoms with Crippen LogP contribution in [0.1, 0.15) is 57.9 Å². The molecule has 1 saturated heterocycles. The van der Waals surface area contributed by atoms with Crippen LogP contribution in [0.3, 0.4) is 0 Å². The normalized spacial score (nSPS) is 21.9. The maximum Gasteiger partial charge on any atom is 0.410 e. The molecule has 23 heavy (non-hydrogen) atoms. The minimum Gasteiger partial charge on any atom is -0.444 e. The van der Waals surface area contributed by atoms with Crippen molar-refractivity contribution in [1.82, 2.24) is 9.88 Å². The summed E-state index contributed by atoms with van der Waals surface area (Å²) in [5, 5.41) is 3.56. The fourth-order valence-electron chi connectivity index (χ4n) is 3.04. The van der Waals surface area contributed by atoms with Crippen LogP contribution >= 0.6 is 0 Å². The molecule has 0 bridgehead atoms. The summed E-state index contributed by atoms with van der Waals surface area (Å²) in [5.41, 5.74) is 0.874.